The molecule has 3 heterocycles. The van der Waals surface area contributed by atoms with Gasteiger partial charge >= 0.3 is 6.18 Å². The summed E-state index contributed by atoms with van der Waals surface area (Å²) in [5.41, 5.74) is 2.78. The zero-order valence-corrected chi connectivity index (χ0v) is 23.8. The third kappa shape index (κ3) is 7.34. The molecular weight excluding hydrogens is 547 g/mol. The molecule has 4 atom stereocenters. The van der Waals surface area contributed by atoms with Crippen molar-refractivity contribution in [3.8, 4) is 28.7 Å². The number of likely N-dealkylation sites (tertiary alicyclic amines) is 1. The summed E-state index contributed by atoms with van der Waals surface area (Å²) in [6.07, 6.45) is 1.43. The van der Waals surface area contributed by atoms with Crippen LogP contribution in [0.5, 0.6) is 5.75 Å². The molecular formula is C32H36F3N3O4. The number of aliphatic hydroxyl groups is 1. The normalized spacial score (nSPS) is 20.2. The van der Waals surface area contributed by atoms with Gasteiger partial charge in [-0.05, 0) is 68.5 Å². The van der Waals surface area contributed by atoms with Gasteiger partial charge in [0, 0.05) is 37.7 Å². The molecule has 2 aliphatic rings. The number of aliphatic hydroxyl groups excluding tert-OH is 1. The number of rotatable bonds is 9. The molecule has 42 heavy (non-hydrogen) atoms. The molecule has 1 N–H and O–H groups in total. The van der Waals surface area contributed by atoms with Gasteiger partial charge in [-0.15, -0.1) is 0 Å². The van der Waals surface area contributed by atoms with Crippen LogP contribution in [0.15, 0.2) is 60.9 Å². The Bertz CT molecular complexity index is 1350. The summed E-state index contributed by atoms with van der Waals surface area (Å²) in [6, 6.07) is 13.4. The smallest absolute Gasteiger partial charge is 0.403 e. The Labute approximate surface area is 244 Å². The van der Waals surface area contributed by atoms with Gasteiger partial charge in [0.1, 0.15) is 35.9 Å². The SMILES string of the molecule is CC(N1CC(Oc2ccc(-c3ccc(C#C[C@@H](CO)n4ccnc4[C@H](C)OC4CCCCO4)cc3)cc2)C1)C(F)(F)F. The maximum Gasteiger partial charge on any atom is 0.403 e. The van der Waals surface area contributed by atoms with E-state index in [2.05, 4.69) is 16.8 Å². The van der Waals surface area contributed by atoms with Crippen LogP contribution >= 0.6 is 0 Å². The van der Waals surface area contributed by atoms with Gasteiger partial charge in [-0.2, -0.15) is 13.2 Å². The molecule has 2 saturated heterocycles. The van der Waals surface area contributed by atoms with Gasteiger partial charge in [0.2, 0.25) is 0 Å². The Morgan fingerprint density at radius 2 is 1.74 bits per heavy atom. The molecule has 0 bridgehead atoms. The first kappa shape index (κ1) is 30.1. The van der Waals surface area contributed by atoms with Crippen LogP contribution in [0.25, 0.3) is 11.1 Å². The highest BCUT2D eigenvalue weighted by atomic mass is 19.4. The molecule has 7 nitrogen and oxygen atoms in total. The van der Waals surface area contributed by atoms with Crippen LogP contribution in [0.1, 0.15) is 56.6 Å². The lowest BCUT2D eigenvalue weighted by Gasteiger charge is -2.43. The Balaban J connectivity index is 1.17. The first-order valence-corrected chi connectivity index (χ1v) is 14.3. The van der Waals surface area contributed by atoms with Gasteiger partial charge in [0.15, 0.2) is 6.29 Å². The van der Waals surface area contributed by atoms with Crippen molar-refractivity contribution < 1.29 is 32.5 Å². The molecule has 2 aromatic carbocycles. The third-order valence-electron chi connectivity index (χ3n) is 7.72. The average Bonchev–Trinajstić information content (AvgIpc) is 3.46. The van der Waals surface area contributed by atoms with E-state index in [4.69, 9.17) is 14.2 Å². The topological polar surface area (TPSA) is 69.0 Å². The summed E-state index contributed by atoms with van der Waals surface area (Å²) < 4.78 is 58.0. The van der Waals surface area contributed by atoms with E-state index in [-0.39, 0.29) is 38.2 Å². The van der Waals surface area contributed by atoms with Crippen LogP contribution in [0.3, 0.4) is 0 Å². The Morgan fingerprint density at radius 1 is 1.05 bits per heavy atom. The maximum absolute atomic E-state index is 12.9. The van der Waals surface area contributed by atoms with Crippen molar-refractivity contribution in [3.63, 3.8) is 0 Å². The number of aromatic nitrogens is 2. The number of benzene rings is 2. The second kappa shape index (κ2) is 13.3. The standard InChI is InChI=1S/C32H36F3N3O4/c1-22(41-30-5-3-4-18-40-30)31-36-16-17-38(31)27(21-39)13-8-24-6-9-25(10-7-24)26-11-14-28(15-12-26)42-29-19-37(20-29)23(2)32(33,34)35/h6-7,9-12,14-17,22-23,27,29-30,39H,3-5,18-21H2,1-2H3/t22-,23?,27-,30?/m0/s1. The summed E-state index contributed by atoms with van der Waals surface area (Å²) in [6.45, 7) is 4.14. The molecule has 0 spiro atoms. The minimum Gasteiger partial charge on any atom is -0.488 e. The molecule has 0 aliphatic carbocycles. The van der Waals surface area contributed by atoms with E-state index in [9.17, 15) is 18.3 Å². The second-order valence-electron chi connectivity index (χ2n) is 10.7. The number of alkyl halides is 3. The highest BCUT2D eigenvalue weighted by Gasteiger charge is 2.45. The maximum atomic E-state index is 12.9. The van der Waals surface area contributed by atoms with Gasteiger partial charge in [-0.1, -0.05) is 36.1 Å². The van der Waals surface area contributed by atoms with Crippen LogP contribution in [-0.2, 0) is 9.47 Å². The highest BCUT2D eigenvalue weighted by molar-refractivity contribution is 5.65. The van der Waals surface area contributed by atoms with Crippen molar-refractivity contribution >= 4 is 0 Å². The van der Waals surface area contributed by atoms with Gasteiger partial charge in [0.25, 0.3) is 0 Å². The van der Waals surface area contributed by atoms with Gasteiger partial charge in [-0.3, -0.25) is 4.90 Å². The Hall–Kier alpha value is -3.36. The fourth-order valence-electron chi connectivity index (χ4n) is 5.11. The minimum atomic E-state index is -4.23. The zero-order valence-electron chi connectivity index (χ0n) is 23.8. The molecule has 2 aliphatic heterocycles. The van der Waals surface area contributed by atoms with Crippen molar-refractivity contribution in [3.05, 3.63) is 72.3 Å². The predicted octanol–water partition coefficient (Wildman–Crippen LogP) is 5.75. The van der Waals surface area contributed by atoms with E-state index < -0.39 is 18.3 Å². The molecule has 0 radical (unpaired) electrons. The summed E-state index contributed by atoms with van der Waals surface area (Å²) in [4.78, 5) is 5.82. The van der Waals surface area contributed by atoms with Crippen molar-refractivity contribution in [2.24, 2.45) is 0 Å². The van der Waals surface area contributed by atoms with Crippen LogP contribution in [0.4, 0.5) is 13.2 Å². The van der Waals surface area contributed by atoms with Gasteiger partial charge in [-0.25, -0.2) is 4.98 Å². The number of hydrogen-bond acceptors (Lipinski definition) is 6. The molecule has 3 aromatic rings. The number of hydrogen-bond donors (Lipinski definition) is 1. The summed E-state index contributed by atoms with van der Waals surface area (Å²) in [5, 5.41) is 10.1. The number of nitrogens with zero attached hydrogens (tertiary/aromatic N) is 3. The zero-order chi connectivity index (χ0) is 29.7. The van der Waals surface area contributed by atoms with E-state index in [1.807, 2.05) is 60.0 Å². The molecule has 5 rings (SSSR count). The molecule has 2 unspecified atom stereocenters. The number of imidazole rings is 1. The molecule has 0 amide bonds. The van der Waals surface area contributed by atoms with E-state index in [0.29, 0.717) is 18.2 Å². The fourth-order valence-corrected chi connectivity index (χ4v) is 5.11. The summed E-state index contributed by atoms with van der Waals surface area (Å²) in [7, 11) is 0. The van der Waals surface area contributed by atoms with E-state index in [1.54, 1.807) is 12.4 Å². The highest BCUT2D eigenvalue weighted by Crippen LogP contribution is 2.30. The van der Waals surface area contributed by atoms with E-state index in [1.165, 1.54) is 11.8 Å². The van der Waals surface area contributed by atoms with Gasteiger partial charge < -0.3 is 23.9 Å². The van der Waals surface area contributed by atoms with Gasteiger partial charge in [0.05, 0.1) is 6.61 Å². The minimum absolute atomic E-state index is 0.171. The lowest BCUT2D eigenvalue weighted by molar-refractivity contribution is -0.197. The summed E-state index contributed by atoms with van der Waals surface area (Å²) >= 11 is 0. The number of halogens is 3. The molecule has 2 fully saturated rings. The van der Waals surface area contributed by atoms with Crippen molar-refractivity contribution in [1.29, 1.82) is 0 Å². The summed E-state index contributed by atoms with van der Waals surface area (Å²) in [5.74, 6) is 7.63. The third-order valence-corrected chi connectivity index (χ3v) is 7.72. The molecule has 0 saturated carbocycles. The van der Waals surface area contributed by atoms with Crippen molar-refractivity contribution in [2.45, 2.75) is 69.9 Å². The van der Waals surface area contributed by atoms with Crippen molar-refractivity contribution in [2.75, 3.05) is 26.3 Å². The van der Waals surface area contributed by atoms with E-state index in [0.717, 1.165) is 36.0 Å². The Kier molecular flexibility index (Phi) is 9.53. The predicted molar refractivity (Wildman–Crippen MR) is 152 cm³/mol. The van der Waals surface area contributed by atoms with Crippen LogP contribution < -0.4 is 4.74 Å². The quantitative estimate of drug-likeness (QED) is 0.324. The molecule has 224 valence electrons. The Morgan fingerprint density at radius 3 is 2.36 bits per heavy atom. The lowest BCUT2D eigenvalue weighted by atomic mass is 10.0. The van der Waals surface area contributed by atoms with Crippen LogP contribution in [0, 0.1) is 11.8 Å². The monoisotopic (exact) mass is 583 g/mol. The first-order chi connectivity index (χ1) is 20.2. The molecule has 10 heteroatoms. The van der Waals surface area contributed by atoms with Crippen LogP contribution in [-0.4, -0.2) is 70.5 Å². The van der Waals surface area contributed by atoms with Crippen molar-refractivity contribution in [1.82, 2.24) is 14.5 Å². The average molecular weight is 584 g/mol. The largest absolute Gasteiger partial charge is 0.488 e. The first-order valence-electron chi connectivity index (χ1n) is 14.3. The lowest BCUT2D eigenvalue weighted by Crippen LogP contribution is -2.60. The number of ether oxygens (including phenoxy) is 3. The van der Waals surface area contributed by atoms with Crippen LogP contribution in [0.2, 0.25) is 0 Å². The fraction of sp³-hybridized carbons (Fsp3) is 0.469. The second-order valence-corrected chi connectivity index (χ2v) is 10.7. The molecule has 1 aromatic heterocycles. The van der Waals surface area contributed by atoms with E-state index >= 15 is 0 Å².